The van der Waals surface area contributed by atoms with Crippen LogP contribution in [0.5, 0.6) is 0 Å². The van der Waals surface area contributed by atoms with E-state index in [1.165, 1.54) is 0 Å². The number of likely N-dealkylation sites (tertiary alicyclic amines) is 1. The first-order valence-electron chi connectivity index (χ1n) is 6.92. The van der Waals surface area contributed by atoms with Gasteiger partial charge in [0, 0.05) is 12.6 Å². The lowest BCUT2D eigenvalue weighted by atomic mass is 9.91. The van der Waals surface area contributed by atoms with Gasteiger partial charge in [0.05, 0.1) is 12.0 Å². The van der Waals surface area contributed by atoms with E-state index in [0.717, 1.165) is 38.6 Å². The van der Waals surface area contributed by atoms with Gasteiger partial charge in [0.15, 0.2) is 0 Å². The second kappa shape index (κ2) is 5.69. The van der Waals surface area contributed by atoms with E-state index in [2.05, 4.69) is 12.2 Å². The maximum absolute atomic E-state index is 12.4. The summed E-state index contributed by atoms with van der Waals surface area (Å²) >= 11 is 0. The fraction of sp³-hybridized carbons (Fsp3) is 0.846. The van der Waals surface area contributed by atoms with Crippen molar-refractivity contribution in [1.29, 1.82) is 0 Å². The van der Waals surface area contributed by atoms with E-state index in [4.69, 9.17) is 5.73 Å². The number of nitrogens with two attached hydrogens (primary N) is 1. The molecule has 0 aromatic rings. The van der Waals surface area contributed by atoms with Gasteiger partial charge in [0.25, 0.3) is 0 Å². The maximum atomic E-state index is 12.4. The summed E-state index contributed by atoms with van der Waals surface area (Å²) in [4.78, 5) is 25.6. The molecule has 0 saturated carbocycles. The molecule has 2 saturated heterocycles. The van der Waals surface area contributed by atoms with Crippen LogP contribution in [0, 0.1) is 5.92 Å². The van der Waals surface area contributed by atoms with Crippen LogP contribution in [0.1, 0.15) is 39.0 Å². The average Bonchev–Trinajstić information content (AvgIpc) is 2.39. The number of primary amides is 1. The van der Waals surface area contributed by atoms with Crippen LogP contribution in [0.2, 0.25) is 0 Å². The van der Waals surface area contributed by atoms with Gasteiger partial charge in [0.2, 0.25) is 11.8 Å². The quantitative estimate of drug-likeness (QED) is 0.740. The second-order valence-electron chi connectivity index (χ2n) is 5.52. The molecule has 5 heteroatoms. The molecule has 0 aromatic heterocycles. The minimum Gasteiger partial charge on any atom is -0.369 e. The number of hydrogen-bond acceptors (Lipinski definition) is 3. The van der Waals surface area contributed by atoms with Crippen molar-refractivity contribution >= 4 is 11.8 Å². The fourth-order valence-corrected chi connectivity index (χ4v) is 2.91. The first kappa shape index (κ1) is 13.3. The van der Waals surface area contributed by atoms with Crippen molar-refractivity contribution in [1.82, 2.24) is 10.2 Å². The molecule has 18 heavy (non-hydrogen) atoms. The van der Waals surface area contributed by atoms with Crippen LogP contribution in [0.25, 0.3) is 0 Å². The standard InChI is InChI=1S/C13H23N3O2/c1-9-5-6-10(12(14)17)8-16(9)13(18)11-4-2-3-7-15-11/h9-11,15H,2-8H2,1H3,(H2,14,17). The van der Waals surface area contributed by atoms with Crippen molar-refractivity contribution in [3.8, 4) is 0 Å². The monoisotopic (exact) mass is 253 g/mol. The molecule has 2 heterocycles. The Hall–Kier alpha value is -1.10. The lowest BCUT2D eigenvalue weighted by molar-refractivity contribution is -0.140. The first-order valence-corrected chi connectivity index (χ1v) is 6.92. The second-order valence-corrected chi connectivity index (χ2v) is 5.52. The third kappa shape index (κ3) is 2.83. The van der Waals surface area contributed by atoms with Crippen LogP contribution in [0.4, 0.5) is 0 Å². The lowest BCUT2D eigenvalue weighted by Crippen LogP contribution is -2.55. The van der Waals surface area contributed by atoms with Gasteiger partial charge in [-0.2, -0.15) is 0 Å². The molecular formula is C13H23N3O2. The molecule has 2 aliphatic heterocycles. The predicted octanol–water partition coefficient (Wildman–Crippen LogP) is 0.241. The largest absolute Gasteiger partial charge is 0.369 e. The zero-order chi connectivity index (χ0) is 13.1. The minimum atomic E-state index is -0.281. The molecule has 3 N–H and O–H groups in total. The highest BCUT2D eigenvalue weighted by atomic mass is 16.2. The van der Waals surface area contributed by atoms with Gasteiger partial charge in [-0.05, 0) is 39.2 Å². The van der Waals surface area contributed by atoms with E-state index in [1.54, 1.807) is 0 Å². The molecule has 2 fully saturated rings. The van der Waals surface area contributed by atoms with Crippen LogP contribution in [-0.4, -0.2) is 41.9 Å². The highest BCUT2D eigenvalue weighted by Crippen LogP contribution is 2.23. The molecule has 0 aliphatic carbocycles. The summed E-state index contributed by atoms with van der Waals surface area (Å²) in [6, 6.07) is 0.157. The third-order valence-corrected chi connectivity index (χ3v) is 4.18. The number of carbonyl (C=O) groups is 2. The van der Waals surface area contributed by atoms with Crippen molar-refractivity contribution in [2.45, 2.75) is 51.1 Å². The Labute approximate surface area is 108 Å². The number of amides is 2. The minimum absolute atomic E-state index is 0.0622. The van der Waals surface area contributed by atoms with Crippen molar-refractivity contribution in [2.24, 2.45) is 11.7 Å². The third-order valence-electron chi connectivity index (χ3n) is 4.18. The Morgan fingerprint density at radius 1 is 1.22 bits per heavy atom. The highest BCUT2D eigenvalue weighted by Gasteiger charge is 2.34. The van der Waals surface area contributed by atoms with E-state index in [-0.39, 0.29) is 29.8 Å². The van der Waals surface area contributed by atoms with Crippen LogP contribution in [0.3, 0.4) is 0 Å². The Kier molecular flexibility index (Phi) is 4.22. The Morgan fingerprint density at radius 3 is 2.61 bits per heavy atom. The van der Waals surface area contributed by atoms with E-state index in [1.807, 2.05) is 4.90 Å². The number of rotatable bonds is 2. The molecule has 102 valence electrons. The Morgan fingerprint density at radius 2 is 2.00 bits per heavy atom. The van der Waals surface area contributed by atoms with Gasteiger partial charge >= 0.3 is 0 Å². The van der Waals surface area contributed by atoms with Crippen LogP contribution in [-0.2, 0) is 9.59 Å². The fourth-order valence-electron chi connectivity index (χ4n) is 2.91. The zero-order valence-electron chi connectivity index (χ0n) is 11.0. The SMILES string of the molecule is CC1CCC(C(N)=O)CN1C(=O)C1CCCCN1. The van der Waals surface area contributed by atoms with Crippen molar-refractivity contribution in [2.75, 3.05) is 13.1 Å². The van der Waals surface area contributed by atoms with Crippen molar-refractivity contribution < 1.29 is 9.59 Å². The first-order chi connectivity index (χ1) is 8.59. The number of carbonyl (C=O) groups excluding carboxylic acids is 2. The van der Waals surface area contributed by atoms with E-state index in [9.17, 15) is 9.59 Å². The maximum Gasteiger partial charge on any atom is 0.239 e. The number of nitrogens with one attached hydrogen (secondary N) is 1. The molecule has 2 amide bonds. The van der Waals surface area contributed by atoms with Crippen molar-refractivity contribution in [3.63, 3.8) is 0 Å². The molecule has 3 unspecified atom stereocenters. The molecule has 5 nitrogen and oxygen atoms in total. The topological polar surface area (TPSA) is 75.4 Å². The number of nitrogens with zero attached hydrogens (tertiary/aromatic N) is 1. The lowest BCUT2D eigenvalue weighted by Gasteiger charge is -2.39. The summed E-state index contributed by atoms with van der Waals surface area (Å²) in [7, 11) is 0. The van der Waals surface area contributed by atoms with Gasteiger partial charge in [-0.3, -0.25) is 9.59 Å². The summed E-state index contributed by atoms with van der Waals surface area (Å²) in [5.41, 5.74) is 5.36. The summed E-state index contributed by atoms with van der Waals surface area (Å²) in [5, 5.41) is 3.27. The van der Waals surface area contributed by atoms with Gasteiger partial charge in [-0.15, -0.1) is 0 Å². The van der Waals surface area contributed by atoms with E-state index in [0.29, 0.717) is 6.54 Å². The smallest absolute Gasteiger partial charge is 0.239 e. The van der Waals surface area contributed by atoms with Gasteiger partial charge in [-0.25, -0.2) is 0 Å². The van der Waals surface area contributed by atoms with E-state index >= 15 is 0 Å². The molecule has 2 rings (SSSR count). The van der Waals surface area contributed by atoms with Crippen molar-refractivity contribution in [3.05, 3.63) is 0 Å². The van der Waals surface area contributed by atoms with Crippen LogP contribution in [0.15, 0.2) is 0 Å². The highest BCUT2D eigenvalue weighted by molar-refractivity contribution is 5.84. The molecule has 0 aromatic carbocycles. The van der Waals surface area contributed by atoms with Crippen LogP contribution < -0.4 is 11.1 Å². The Balaban J connectivity index is 2.00. The van der Waals surface area contributed by atoms with E-state index < -0.39 is 0 Å². The number of piperidine rings is 2. The molecule has 0 radical (unpaired) electrons. The average molecular weight is 253 g/mol. The summed E-state index contributed by atoms with van der Waals surface area (Å²) in [5.74, 6) is -0.307. The molecule has 0 bridgehead atoms. The molecular weight excluding hydrogens is 230 g/mol. The Bertz CT molecular complexity index is 326. The molecule has 0 spiro atoms. The predicted molar refractivity (Wildman–Crippen MR) is 68.7 cm³/mol. The van der Waals surface area contributed by atoms with Gasteiger partial charge in [0.1, 0.15) is 0 Å². The van der Waals surface area contributed by atoms with Crippen LogP contribution >= 0.6 is 0 Å². The zero-order valence-corrected chi connectivity index (χ0v) is 11.0. The summed E-state index contributed by atoms with van der Waals surface area (Å²) < 4.78 is 0. The normalized spacial score (nSPS) is 33.2. The summed E-state index contributed by atoms with van der Waals surface area (Å²) in [6.07, 6.45) is 4.82. The molecule has 2 aliphatic rings. The number of hydrogen-bond donors (Lipinski definition) is 2. The molecule has 3 atom stereocenters. The van der Waals surface area contributed by atoms with Gasteiger partial charge < -0.3 is 16.0 Å². The van der Waals surface area contributed by atoms with Gasteiger partial charge in [-0.1, -0.05) is 6.42 Å². The summed E-state index contributed by atoms with van der Waals surface area (Å²) in [6.45, 7) is 3.46.